The molecule has 0 unspecified atom stereocenters. The standard InChI is InChI=1S/C12H19N3O3S/c1-12(2,3)14-8-11(16)15-9-4-6-10(7-5-9)19(13,17)18/h4-7,14H,8H2,1-3H3,(H,15,16)(H2,13,17,18). The molecule has 106 valence electrons. The molecule has 0 bridgehead atoms. The fraction of sp³-hybridized carbons (Fsp3) is 0.417. The van der Waals surface area contributed by atoms with Crippen molar-refractivity contribution in [3.8, 4) is 0 Å². The summed E-state index contributed by atoms with van der Waals surface area (Å²) in [5.41, 5.74) is 0.377. The van der Waals surface area contributed by atoms with Crippen LogP contribution >= 0.6 is 0 Å². The number of benzene rings is 1. The van der Waals surface area contributed by atoms with Gasteiger partial charge >= 0.3 is 0 Å². The molecule has 7 heteroatoms. The highest BCUT2D eigenvalue weighted by Crippen LogP contribution is 2.12. The van der Waals surface area contributed by atoms with Crippen LogP contribution in [0.15, 0.2) is 29.2 Å². The average molecular weight is 285 g/mol. The number of amides is 1. The summed E-state index contributed by atoms with van der Waals surface area (Å²) in [4.78, 5) is 11.6. The summed E-state index contributed by atoms with van der Waals surface area (Å²) in [5, 5.41) is 10.7. The molecule has 0 aliphatic rings. The van der Waals surface area contributed by atoms with E-state index in [1.54, 1.807) is 0 Å². The van der Waals surface area contributed by atoms with Gasteiger partial charge in [-0.2, -0.15) is 0 Å². The molecule has 1 amide bonds. The van der Waals surface area contributed by atoms with Crippen LogP contribution in [0, 0.1) is 0 Å². The van der Waals surface area contributed by atoms with E-state index in [1.165, 1.54) is 24.3 Å². The zero-order valence-corrected chi connectivity index (χ0v) is 12.0. The Kier molecular flexibility index (Phi) is 4.67. The van der Waals surface area contributed by atoms with Crippen LogP contribution in [0.2, 0.25) is 0 Å². The van der Waals surface area contributed by atoms with Crippen molar-refractivity contribution in [2.45, 2.75) is 31.2 Å². The highest BCUT2D eigenvalue weighted by Gasteiger charge is 2.12. The molecule has 0 heterocycles. The van der Waals surface area contributed by atoms with Crippen molar-refractivity contribution in [1.82, 2.24) is 5.32 Å². The molecule has 0 spiro atoms. The van der Waals surface area contributed by atoms with Crippen LogP contribution in [0.3, 0.4) is 0 Å². The van der Waals surface area contributed by atoms with Crippen molar-refractivity contribution < 1.29 is 13.2 Å². The first-order valence-electron chi connectivity index (χ1n) is 5.76. The van der Waals surface area contributed by atoms with Gasteiger partial charge in [0, 0.05) is 11.2 Å². The Morgan fingerprint density at radius 2 is 1.74 bits per heavy atom. The number of hydrogen-bond donors (Lipinski definition) is 3. The normalized spacial score (nSPS) is 12.2. The Morgan fingerprint density at radius 3 is 2.16 bits per heavy atom. The molecule has 1 rings (SSSR count). The number of anilines is 1. The van der Waals surface area contributed by atoms with Crippen LogP contribution in [0.25, 0.3) is 0 Å². The van der Waals surface area contributed by atoms with Crippen LogP contribution in [-0.4, -0.2) is 26.4 Å². The summed E-state index contributed by atoms with van der Waals surface area (Å²) >= 11 is 0. The van der Waals surface area contributed by atoms with Crippen molar-refractivity contribution in [1.29, 1.82) is 0 Å². The predicted octanol–water partition coefficient (Wildman–Crippen LogP) is 0.661. The third kappa shape index (κ3) is 5.82. The predicted molar refractivity (Wildman–Crippen MR) is 74.2 cm³/mol. The first-order chi connectivity index (χ1) is 8.58. The molecule has 1 aromatic rings. The van der Waals surface area contributed by atoms with E-state index in [1.807, 2.05) is 20.8 Å². The first-order valence-corrected chi connectivity index (χ1v) is 7.30. The van der Waals surface area contributed by atoms with E-state index in [2.05, 4.69) is 10.6 Å². The Bertz CT molecular complexity index is 545. The molecule has 6 nitrogen and oxygen atoms in total. The minimum Gasteiger partial charge on any atom is -0.325 e. The maximum absolute atomic E-state index is 11.6. The Hall–Kier alpha value is -1.44. The number of rotatable bonds is 4. The smallest absolute Gasteiger partial charge is 0.238 e. The SMILES string of the molecule is CC(C)(C)NCC(=O)Nc1ccc(S(N)(=O)=O)cc1. The summed E-state index contributed by atoms with van der Waals surface area (Å²) in [5.74, 6) is -0.196. The summed E-state index contributed by atoms with van der Waals surface area (Å²) in [6.45, 7) is 6.06. The average Bonchev–Trinajstić information content (AvgIpc) is 2.25. The van der Waals surface area contributed by atoms with Crippen molar-refractivity contribution >= 4 is 21.6 Å². The van der Waals surface area contributed by atoms with Gasteiger partial charge in [0.25, 0.3) is 0 Å². The van der Waals surface area contributed by atoms with Gasteiger partial charge in [0.15, 0.2) is 0 Å². The fourth-order valence-electron chi connectivity index (χ4n) is 1.28. The monoisotopic (exact) mass is 285 g/mol. The van der Waals surface area contributed by atoms with Gasteiger partial charge in [-0.05, 0) is 45.0 Å². The largest absolute Gasteiger partial charge is 0.325 e. The number of carbonyl (C=O) groups is 1. The number of nitrogens with one attached hydrogen (secondary N) is 2. The maximum atomic E-state index is 11.6. The lowest BCUT2D eigenvalue weighted by Gasteiger charge is -2.20. The van der Waals surface area contributed by atoms with Gasteiger partial charge in [-0.1, -0.05) is 0 Å². The molecule has 1 aromatic carbocycles. The number of nitrogens with two attached hydrogens (primary N) is 1. The van der Waals surface area contributed by atoms with E-state index < -0.39 is 10.0 Å². The molecular weight excluding hydrogens is 266 g/mol. The molecule has 0 radical (unpaired) electrons. The zero-order chi connectivity index (χ0) is 14.7. The molecule has 0 aliphatic carbocycles. The highest BCUT2D eigenvalue weighted by atomic mass is 32.2. The van der Waals surface area contributed by atoms with Crippen LogP contribution in [0.4, 0.5) is 5.69 Å². The van der Waals surface area contributed by atoms with Gasteiger partial charge in [0.2, 0.25) is 15.9 Å². The lowest BCUT2D eigenvalue weighted by atomic mass is 10.1. The topological polar surface area (TPSA) is 101 Å². The number of sulfonamides is 1. The van der Waals surface area contributed by atoms with Gasteiger partial charge in [-0.15, -0.1) is 0 Å². The molecule has 0 saturated heterocycles. The van der Waals surface area contributed by atoms with E-state index in [4.69, 9.17) is 5.14 Å². The van der Waals surface area contributed by atoms with Crippen LogP contribution in [0.5, 0.6) is 0 Å². The molecule has 0 atom stereocenters. The van der Waals surface area contributed by atoms with Crippen molar-refractivity contribution in [2.24, 2.45) is 5.14 Å². The number of hydrogen-bond acceptors (Lipinski definition) is 4. The minimum atomic E-state index is -3.70. The highest BCUT2D eigenvalue weighted by molar-refractivity contribution is 7.89. The molecule has 19 heavy (non-hydrogen) atoms. The van der Waals surface area contributed by atoms with Crippen molar-refractivity contribution in [2.75, 3.05) is 11.9 Å². The van der Waals surface area contributed by atoms with E-state index in [-0.39, 0.29) is 22.9 Å². The van der Waals surface area contributed by atoms with Gasteiger partial charge < -0.3 is 10.6 Å². The first kappa shape index (κ1) is 15.6. The molecule has 4 N–H and O–H groups in total. The van der Waals surface area contributed by atoms with Crippen molar-refractivity contribution in [3.63, 3.8) is 0 Å². The zero-order valence-electron chi connectivity index (χ0n) is 11.2. The lowest BCUT2D eigenvalue weighted by molar-refractivity contribution is -0.115. The summed E-state index contributed by atoms with van der Waals surface area (Å²) in [6, 6.07) is 5.69. The van der Waals surface area contributed by atoms with E-state index in [9.17, 15) is 13.2 Å². The van der Waals surface area contributed by atoms with Crippen molar-refractivity contribution in [3.05, 3.63) is 24.3 Å². The molecule has 0 aromatic heterocycles. The summed E-state index contributed by atoms with van der Waals surface area (Å²) < 4.78 is 22.1. The minimum absolute atomic E-state index is 0.0123. The van der Waals surface area contributed by atoms with Gasteiger partial charge in [0.1, 0.15) is 0 Å². The molecule has 0 saturated carbocycles. The van der Waals surface area contributed by atoms with E-state index >= 15 is 0 Å². The summed E-state index contributed by atoms with van der Waals surface area (Å²) in [6.07, 6.45) is 0. The van der Waals surface area contributed by atoms with E-state index in [0.29, 0.717) is 5.69 Å². The summed E-state index contributed by atoms with van der Waals surface area (Å²) in [7, 11) is -3.70. The van der Waals surface area contributed by atoms with Crippen LogP contribution in [-0.2, 0) is 14.8 Å². The lowest BCUT2D eigenvalue weighted by Crippen LogP contribution is -2.41. The second-order valence-corrected chi connectivity index (χ2v) is 6.78. The maximum Gasteiger partial charge on any atom is 0.238 e. The third-order valence-corrected chi connectivity index (χ3v) is 3.18. The number of primary sulfonamides is 1. The second kappa shape index (κ2) is 5.68. The Balaban J connectivity index is 2.61. The van der Waals surface area contributed by atoms with Crippen LogP contribution < -0.4 is 15.8 Å². The Labute approximate surface area is 113 Å². The van der Waals surface area contributed by atoms with Gasteiger partial charge in [0.05, 0.1) is 11.4 Å². The number of carbonyl (C=O) groups excluding carboxylic acids is 1. The van der Waals surface area contributed by atoms with E-state index in [0.717, 1.165) is 0 Å². The van der Waals surface area contributed by atoms with Crippen LogP contribution in [0.1, 0.15) is 20.8 Å². The third-order valence-electron chi connectivity index (χ3n) is 2.25. The fourth-order valence-corrected chi connectivity index (χ4v) is 1.79. The molecule has 0 aliphatic heterocycles. The quantitative estimate of drug-likeness (QED) is 0.756. The molecular formula is C12H19N3O3S. The second-order valence-electron chi connectivity index (χ2n) is 5.22. The van der Waals surface area contributed by atoms with Gasteiger partial charge in [-0.3, -0.25) is 4.79 Å². The Morgan fingerprint density at radius 1 is 1.21 bits per heavy atom. The molecule has 0 fully saturated rings. The van der Waals surface area contributed by atoms with Gasteiger partial charge in [-0.25, -0.2) is 13.6 Å².